The van der Waals surface area contributed by atoms with Gasteiger partial charge in [-0.05, 0) is 56.3 Å². The molecule has 1 aromatic carbocycles. The van der Waals surface area contributed by atoms with E-state index in [4.69, 9.17) is 26.4 Å². The standard InChI is InChI=1S/C18H24N2O4S/c1-4-23-10-6-9-20-17(21)14(19-18(20)25)11-13-7-8-15(24-5-2)16(12-13)22-3/h7-8,11-12H,4-6,9-10H2,1-3H3,(H,19,25)/b14-11+. The molecule has 1 aliphatic heterocycles. The SMILES string of the molecule is CCOCCCN1C(=O)/C(=C\c2ccc(OCC)c(OC)c2)NC1=S. The van der Waals surface area contributed by atoms with Crippen LogP contribution in [-0.2, 0) is 9.53 Å². The Morgan fingerprint density at radius 3 is 2.72 bits per heavy atom. The van der Waals surface area contributed by atoms with E-state index in [0.717, 1.165) is 12.0 Å². The largest absolute Gasteiger partial charge is 0.493 e. The van der Waals surface area contributed by atoms with E-state index in [2.05, 4.69) is 5.32 Å². The first-order valence-electron chi connectivity index (χ1n) is 8.33. The number of nitrogens with zero attached hydrogens (tertiary/aromatic N) is 1. The van der Waals surface area contributed by atoms with E-state index < -0.39 is 0 Å². The number of amides is 1. The highest BCUT2D eigenvalue weighted by molar-refractivity contribution is 7.80. The molecule has 0 unspecified atom stereocenters. The van der Waals surface area contributed by atoms with Gasteiger partial charge < -0.3 is 19.5 Å². The molecule has 1 aromatic rings. The summed E-state index contributed by atoms with van der Waals surface area (Å²) >= 11 is 5.26. The normalized spacial score (nSPS) is 15.6. The smallest absolute Gasteiger partial charge is 0.276 e. The summed E-state index contributed by atoms with van der Waals surface area (Å²) in [5.41, 5.74) is 1.28. The Kier molecular flexibility index (Phi) is 7.21. The number of methoxy groups -OCH3 is 1. The summed E-state index contributed by atoms with van der Waals surface area (Å²) in [5.74, 6) is 1.16. The van der Waals surface area contributed by atoms with Crippen molar-refractivity contribution in [1.29, 1.82) is 0 Å². The average molecular weight is 364 g/mol. The van der Waals surface area contributed by atoms with Crippen molar-refractivity contribution < 1.29 is 19.0 Å². The van der Waals surface area contributed by atoms with Gasteiger partial charge in [0.05, 0.1) is 13.7 Å². The van der Waals surface area contributed by atoms with Crippen LogP contribution in [0, 0.1) is 0 Å². The van der Waals surface area contributed by atoms with Crippen molar-refractivity contribution in [1.82, 2.24) is 10.2 Å². The van der Waals surface area contributed by atoms with Crippen molar-refractivity contribution in [3.63, 3.8) is 0 Å². The van der Waals surface area contributed by atoms with E-state index in [9.17, 15) is 4.79 Å². The Hall–Kier alpha value is -2.12. The molecule has 0 spiro atoms. The molecule has 0 saturated carbocycles. The number of thiocarbonyl (C=S) groups is 1. The summed E-state index contributed by atoms with van der Waals surface area (Å²) in [6.07, 6.45) is 2.50. The average Bonchev–Trinajstić information content (AvgIpc) is 2.87. The van der Waals surface area contributed by atoms with Gasteiger partial charge in [-0.2, -0.15) is 0 Å². The Morgan fingerprint density at radius 2 is 2.04 bits per heavy atom. The Morgan fingerprint density at radius 1 is 1.24 bits per heavy atom. The third-order valence-corrected chi connectivity index (χ3v) is 3.96. The highest BCUT2D eigenvalue weighted by atomic mass is 32.1. The second-order valence-electron chi connectivity index (χ2n) is 5.34. The van der Waals surface area contributed by atoms with Crippen LogP contribution in [0.3, 0.4) is 0 Å². The maximum atomic E-state index is 12.5. The van der Waals surface area contributed by atoms with Crippen molar-refractivity contribution in [3.8, 4) is 11.5 Å². The highest BCUT2D eigenvalue weighted by Crippen LogP contribution is 2.29. The Bertz CT molecular complexity index is 660. The molecule has 1 aliphatic rings. The first kappa shape index (κ1) is 19.2. The van der Waals surface area contributed by atoms with E-state index >= 15 is 0 Å². The predicted octanol–water partition coefficient (Wildman–Crippen LogP) is 2.58. The summed E-state index contributed by atoms with van der Waals surface area (Å²) in [6, 6.07) is 5.52. The minimum atomic E-state index is -0.130. The van der Waals surface area contributed by atoms with Crippen LogP contribution in [0.5, 0.6) is 11.5 Å². The van der Waals surface area contributed by atoms with Gasteiger partial charge in [0.1, 0.15) is 5.70 Å². The maximum absolute atomic E-state index is 12.5. The fourth-order valence-corrected chi connectivity index (χ4v) is 2.74. The van der Waals surface area contributed by atoms with Gasteiger partial charge in [0, 0.05) is 19.8 Å². The summed E-state index contributed by atoms with van der Waals surface area (Å²) in [5, 5.41) is 3.40. The van der Waals surface area contributed by atoms with Crippen molar-refractivity contribution in [2.75, 3.05) is 33.5 Å². The van der Waals surface area contributed by atoms with E-state index in [1.54, 1.807) is 18.1 Å². The predicted molar refractivity (Wildman–Crippen MR) is 101 cm³/mol. The number of ether oxygens (including phenoxy) is 3. The molecule has 1 fully saturated rings. The number of benzene rings is 1. The van der Waals surface area contributed by atoms with Gasteiger partial charge in [-0.25, -0.2) is 0 Å². The molecular formula is C18H24N2O4S. The van der Waals surface area contributed by atoms with Crippen molar-refractivity contribution in [2.45, 2.75) is 20.3 Å². The molecule has 25 heavy (non-hydrogen) atoms. The Balaban J connectivity index is 2.10. The number of nitrogens with one attached hydrogen (secondary N) is 1. The van der Waals surface area contributed by atoms with Crippen LogP contribution in [0.15, 0.2) is 23.9 Å². The van der Waals surface area contributed by atoms with Crippen LogP contribution in [0.25, 0.3) is 6.08 Å². The number of hydrogen-bond acceptors (Lipinski definition) is 5. The van der Waals surface area contributed by atoms with Crippen LogP contribution in [0.1, 0.15) is 25.8 Å². The molecule has 136 valence electrons. The highest BCUT2D eigenvalue weighted by Gasteiger charge is 2.30. The van der Waals surface area contributed by atoms with Gasteiger partial charge in [0.25, 0.3) is 5.91 Å². The van der Waals surface area contributed by atoms with Crippen LogP contribution in [0.2, 0.25) is 0 Å². The van der Waals surface area contributed by atoms with Gasteiger partial charge in [0.2, 0.25) is 0 Å². The topological polar surface area (TPSA) is 60.0 Å². The first-order chi connectivity index (χ1) is 12.1. The van der Waals surface area contributed by atoms with Gasteiger partial charge in [0.15, 0.2) is 16.6 Å². The summed E-state index contributed by atoms with van der Waals surface area (Å²) in [7, 11) is 1.59. The second-order valence-corrected chi connectivity index (χ2v) is 5.73. The first-order valence-corrected chi connectivity index (χ1v) is 8.74. The third-order valence-electron chi connectivity index (χ3n) is 3.64. The zero-order valence-corrected chi connectivity index (χ0v) is 15.6. The zero-order chi connectivity index (χ0) is 18.2. The molecule has 1 amide bonds. The molecule has 6 nitrogen and oxygen atoms in total. The van der Waals surface area contributed by atoms with E-state index in [-0.39, 0.29) is 5.91 Å². The molecular weight excluding hydrogens is 340 g/mol. The molecule has 1 N–H and O–H groups in total. The molecule has 0 radical (unpaired) electrons. The Labute approximate surface area is 153 Å². The number of rotatable bonds is 9. The molecule has 0 bridgehead atoms. The van der Waals surface area contributed by atoms with Crippen molar-refractivity contribution >= 4 is 29.3 Å². The lowest BCUT2D eigenvalue weighted by Crippen LogP contribution is -2.32. The third kappa shape index (κ3) is 4.93. The van der Waals surface area contributed by atoms with Crippen LogP contribution < -0.4 is 14.8 Å². The number of hydrogen-bond donors (Lipinski definition) is 1. The monoisotopic (exact) mass is 364 g/mol. The molecule has 1 saturated heterocycles. The van der Waals surface area contributed by atoms with Gasteiger partial charge in [-0.15, -0.1) is 0 Å². The van der Waals surface area contributed by atoms with Gasteiger partial charge in [-0.1, -0.05) is 6.07 Å². The lowest BCUT2D eigenvalue weighted by Gasteiger charge is -2.13. The lowest BCUT2D eigenvalue weighted by molar-refractivity contribution is -0.122. The van der Waals surface area contributed by atoms with Crippen LogP contribution in [0.4, 0.5) is 0 Å². The van der Waals surface area contributed by atoms with Gasteiger partial charge in [-0.3, -0.25) is 9.69 Å². The maximum Gasteiger partial charge on any atom is 0.276 e. The van der Waals surface area contributed by atoms with E-state index in [1.165, 1.54) is 0 Å². The molecule has 0 aliphatic carbocycles. The molecule has 7 heteroatoms. The van der Waals surface area contributed by atoms with Crippen molar-refractivity contribution in [2.24, 2.45) is 0 Å². The lowest BCUT2D eigenvalue weighted by atomic mass is 10.1. The van der Waals surface area contributed by atoms with Crippen LogP contribution in [-0.4, -0.2) is 49.4 Å². The summed E-state index contributed by atoms with van der Waals surface area (Å²) < 4.78 is 16.1. The van der Waals surface area contributed by atoms with E-state index in [1.807, 2.05) is 32.0 Å². The fraction of sp³-hybridized carbons (Fsp3) is 0.444. The van der Waals surface area contributed by atoms with Gasteiger partial charge >= 0.3 is 0 Å². The molecule has 1 heterocycles. The minimum Gasteiger partial charge on any atom is -0.493 e. The number of carbonyl (C=O) groups is 1. The van der Waals surface area contributed by atoms with E-state index in [0.29, 0.717) is 48.7 Å². The minimum absolute atomic E-state index is 0.130. The van der Waals surface area contributed by atoms with Crippen LogP contribution >= 0.6 is 12.2 Å². The summed E-state index contributed by atoms with van der Waals surface area (Å²) in [4.78, 5) is 14.1. The second kappa shape index (κ2) is 9.39. The number of carbonyl (C=O) groups excluding carboxylic acids is 1. The fourth-order valence-electron chi connectivity index (χ4n) is 2.46. The molecule has 0 atom stereocenters. The molecule has 0 aromatic heterocycles. The quantitative estimate of drug-likeness (QED) is 0.413. The van der Waals surface area contributed by atoms with Crippen molar-refractivity contribution in [3.05, 3.63) is 29.5 Å². The molecule has 2 rings (SSSR count). The zero-order valence-electron chi connectivity index (χ0n) is 14.8. The summed E-state index contributed by atoms with van der Waals surface area (Å²) in [6.45, 7) is 6.23.